The molecule has 1 atom stereocenters. The van der Waals surface area contributed by atoms with Gasteiger partial charge >= 0.3 is 0 Å². The molecule has 1 aromatic heterocycles. The fourth-order valence-electron chi connectivity index (χ4n) is 1.97. The van der Waals surface area contributed by atoms with Crippen LogP contribution in [0.4, 0.5) is 0 Å². The van der Waals surface area contributed by atoms with Crippen molar-refractivity contribution in [2.75, 3.05) is 13.7 Å². The van der Waals surface area contributed by atoms with Gasteiger partial charge in [0.2, 0.25) is 5.89 Å². The molecule has 0 aliphatic heterocycles. The van der Waals surface area contributed by atoms with E-state index in [1.54, 1.807) is 7.11 Å². The smallest absolute Gasteiger partial charge is 0.227 e. The fourth-order valence-corrected chi connectivity index (χ4v) is 1.97. The Hall–Kier alpha value is -1.88. The van der Waals surface area contributed by atoms with Crippen molar-refractivity contribution in [2.24, 2.45) is 0 Å². The van der Waals surface area contributed by atoms with Crippen LogP contribution >= 0.6 is 0 Å². The average molecular weight is 261 g/mol. The lowest BCUT2D eigenvalue weighted by molar-refractivity contribution is 0.368. The number of hydrogen-bond donors (Lipinski definition) is 1. The highest BCUT2D eigenvalue weighted by Gasteiger charge is 2.10. The number of para-hydroxylation sites is 1. The predicted molar refractivity (Wildman–Crippen MR) is 72.2 cm³/mol. The maximum atomic E-state index is 5.35. The Labute approximate surface area is 113 Å². The topological polar surface area (TPSA) is 60.2 Å². The zero-order valence-electron chi connectivity index (χ0n) is 11.5. The van der Waals surface area contributed by atoms with Crippen molar-refractivity contribution in [3.8, 4) is 5.75 Å². The Bertz CT molecular complexity index is 525. The molecule has 0 radical (unpaired) electrons. The minimum absolute atomic E-state index is 0.208. The van der Waals surface area contributed by atoms with Crippen LogP contribution in [0.3, 0.4) is 0 Å². The minimum Gasteiger partial charge on any atom is -0.496 e. The molecule has 2 rings (SSSR count). The SMILES string of the molecule is COc1ccccc1C(C)NCCc1nc(C)no1. The van der Waals surface area contributed by atoms with Crippen LogP contribution in [0.25, 0.3) is 0 Å². The maximum Gasteiger partial charge on any atom is 0.227 e. The van der Waals surface area contributed by atoms with E-state index in [0.717, 1.165) is 24.3 Å². The first-order valence-electron chi connectivity index (χ1n) is 6.36. The lowest BCUT2D eigenvalue weighted by atomic mass is 10.1. The Morgan fingerprint density at radius 1 is 1.37 bits per heavy atom. The summed E-state index contributed by atoms with van der Waals surface area (Å²) in [5.74, 6) is 2.24. The number of benzene rings is 1. The number of nitrogens with one attached hydrogen (secondary N) is 1. The van der Waals surface area contributed by atoms with Gasteiger partial charge in [-0.1, -0.05) is 23.4 Å². The third kappa shape index (κ3) is 3.54. The first-order chi connectivity index (χ1) is 9.20. The summed E-state index contributed by atoms with van der Waals surface area (Å²) in [5, 5.41) is 7.19. The zero-order chi connectivity index (χ0) is 13.7. The van der Waals surface area contributed by atoms with Gasteiger partial charge in [0.15, 0.2) is 5.82 Å². The van der Waals surface area contributed by atoms with E-state index in [9.17, 15) is 0 Å². The molecule has 0 fully saturated rings. The summed E-state index contributed by atoms with van der Waals surface area (Å²) >= 11 is 0. The molecule has 0 saturated heterocycles. The van der Waals surface area contributed by atoms with Crippen LogP contribution in [0.2, 0.25) is 0 Å². The molecule has 0 bridgehead atoms. The first-order valence-corrected chi connectivity index (χ1v) is 6.36. The third-order valence-electron chi connectivity index (χ3n) is 2.96. The fraction of sp³-hybridized carbons (Fsp3) is 0.429. The van der Waals surface area contributed by atoms with E-state index in [1.807, 2.05) is 25.1 Å². The second-order valence-corrected chi connectivity index (χ2v) is 4.40. The molecular weight excluding hydrogens is 242 g/mol. The Morgan fingerprint density at radius 3 is 2.84 bits per heavy atom. The lowest BCUT2D eigenvalue weighted by Crippen LogP contribution is -2.21. The summed E-state index contributed by atoms with van der Waals surface area (Å²) in [7, 11) is 1.69. The molecule has 5 heteroatoms. The van der Waals surface area contributed by atoms with E-state index >= 15 is 0 Å². The minimum atomic E-state index is 0.208. The van der Waals surface area contributed by atoms with Crippen molar-refractivity contribution in [1.82, 2.24) is 15.5 Å². The summed E-state index contributed by atoms with van der Waals surface area (Å²) in [6, 6.07) is 8.22. The molecule has 1 heterocycles. The molecule has 0 aliphatic carbocycles. The van der Waals surface area contributed by atoms with Crippen LogP contribution in [0.15, 0.2) is 28.8 Å². The maximum absolute atomic E-state index is 5.35. The van der Waals surface area contributed by atoms with Crippen LogP contribution in [-0.2, 0) is 6.42 Å². The molecule has 0 spiro atoms. The van der Waals surface area contributed by atoms with Crippen molar-refractivity contribution >= 4 is 0 Å². The summed E-state index contributed by atoms with van der Waals surface area (Å²) in [6.45, 7) is 4.70. The Kier molecular flexibility index (Phi) is 4.52. The van der Waals surface area contributed by atoms with Gasteiger partial charge in [-0.25, -0.2) is 0 Å². The van der Waals surface area contributed by atoms with E-state index in [0.29, 0.717) is 11.7 Å². The summed E-state index contributed by atoms with van der Waals surface area (Å²) in [5.41, 5.74) is 1.15. The highest BCUT2D eigenvalue weighted by Crippen LogP contribution is 2.24. The van der Waals surface area contributed by atoms with Crippen molar-refractivity contribution in [1.29, 1.82) is 0 Å². The average Bonchev–Trinajstić information content (AvgIpc) is 2.84. The van der Waals surface area contributed by atoms with Crippen LogP contribution in [0.5, 0.6) is 5.75 Å². The molecule has 1 N–H and O–H groups in total. The van der Waals surface area contributed by atoms with Gasteiger partial charge in [-0.15, -0.1) is 0 Å². The van der Waals surface area contributed by atoms with E-state index < -0.39 is 0 Å². The highest BCUT2D eigenvalue weighted by atomic mass is 16.5. The van der Waals surface area contributed by atoms with Crippen LogP contribution < -0.4 is 10.1 Å². The van der Waals surface area contributed by atoms with Crippen LogP contribution in [-0.4, -0.2) is 23.8 Å². The number of aromatic nitrogens is 2. The van der Waals surface area contributed by atoms with Gasteiger partial charge in [-0.3, -0.25) is 0 Å². The van der Waals surface area contributed by atoms with Crippen molar-refractivity contribution in [3.63, 3.8) is 0 Å². The molecule has 2 aromatic rings. The molecule has 0 saturated carbocycles. The molecule has 19 heavy (non-hydrogen) atoms. The molecule has 1 unspecified atom stereocenters. The zero-order valence-corrected chi connectivity index (χ0v) is 11.5. The molecule has 5 nitrogen and oxygen atoms in total. The van der Waals surface area contributed by atoms with E-state index in [4.69, 9.17) is 9.26 Å². The standard InChI is InChI=1S/C14H19N3O2/c1-10(12-6-4-5-7-13(12)18-3)15-9-8-14-16-11(2)17-19-14/h4-7,10,15H,8-9H2,1-3H3. The van der Waals surface area contributed by atoms with Crippen molar-refractivity contribution in [3.05, 3.63) is 41.5 Å². The van der Waals surface area contributed by atoms with Crippen molar-refractivity contribution in [2.45, 2.75) is 26.3 Å². The summed E-state index contributed by atoms with van der Waals surface area (Å²) < 4.78 is 10.4. The highest BCUT2D eigenvalue weighted by molar-refractivity contribution is 5.35. The number of rotatable bonds is 6. The van der Waals surface area contributed by atoms with Gasteiger partial charge in [0.05, 0.1) is 7.11 Å². The molecule has 0 aliphatic rings. The molecule has 102 valence electrons. The van der Waals surface area contributed by atoms with E-state index in [2.05, 4.69) is 28.4 Å². The summed E-state index contributed by atoms with van der Waals surface area (Å²) in [4.78, 5) is 4.17. The van der Waals surface area contributed by atoms with Gasteiger partial charge in [0, 0.05) is 24.6 Å². The van der Waals surface area contributed by atoms with E-state index in [-0.39, 0.29) is 6.04 Å². The van der Waals surface area contributed by atoms with E-state index in [1.165, 1.54) is 0 Å². The largest absolute Gasteiger partial charge is 0.496 e. The number of methoxy groups -OCH3 is 1. The van der Waals surface area contributed by atoms with Crippen molar-refractivity contribution < 1.29 is 9.26 Å². The number of aryl methyl sites for hydroxylation is 1. The lowest BCUT2D eigenvalue weighted by Gasteiger charge is -2.16. The van der Waals surface area contributed by atoms with Gasteiger partial charge in [-0.05, 0) is 19.9 Å². The molecular formula is C14H19N3O2. The number of nitrogens with zero attached hydrogens (tertiary/aromatic N) is 2. The number of ether oxygens (including phenoxy) is 1. The number of hydrogen-bond acceptors (Lipinski definition) is 5. The monoisotopic (exact) mass is 261 g/mol. The summed E-state index contributed by atoms with van der Waals surface area (Å²) in [6.07, 6.45) is 0.723. The quantitative estimate of drug-likeness (QED) is 0.864. The molecule has 1 aromatic carbocycles. The molecule has 0 amide bonds. The normalized spacial score (nSPS) is 12.4. The second-order valence-electron chi connectivity index (χ2n) is 4.40. The van der Waals surface area contributed by atoms with Gasteiger partial charge < -0.3 is 14.6 Å². The van der Waals surface area contributed by atoms with Crippen LogP contribution in [0.1, 0.15) is 30.2 Å². The van der Waals surface area contributed by atoms with Crippen LogP contribution in [0, 0.1) is 6.92 Å². The Balaban J connectivity index is 1.88. The second kappa shape index (κ2) is 6.33. The van der Waals surface area contributed by atoms with Gasteiger partial charge in [-0.2, -0.15) is 4.98 Å². The Morgan fingerprint density at radius 2 is 2.16 bits per heavy atom. The van der Waals surface area contributed by atoms with Gasteiger partial charge in [0.1, 0.15) is 5.75 Å². The first kappa shape index (κ1) is 13.5. The predicted octanol–water partition coefficient (Wildman–Crippen LogP) is 2.28. The third-order valence-corrected chi connectivity index (χ3v) is 2.96. The van der Waals surface area contributed by atoms with Gasteiger partial charge in [0.25, 0.3) is 0 Å².